The summed E-state index contributed by atoms with van der Waals surface area (Å²) in [6.07, 6.45) is 4.05. The van der Waals surface area contributed by atoms with Crippen LogP contribution in [0.5, 0.6) is 0 Å². The van der Waals surface area contributed by atoms with Crippen LogP contribution < -0.4 is 0 Å². The summed E-state index contributed by atoms with van der Waals surface area (Å²) in [5.41, 5.74) is 0. The zero-order chi connectivity index (χ0) is 13.0. The highest BCUT2D eigenvalue weighted by atomic mass is 16.5. The van der Waals surface area contributed by atoms with Crippen LogP contribution in [0.3, 0.4) is 0 Å². The number of carbonyl (C=O) groups excluding carboxylic acids is 1. The van der Waals surface area contributed by atoms with E-state index in [0.29, 0.717) is 31.6 Å². The van der Waals surface area contributed by atoms with Gasteiger partial charge < -0.3 is 9.64 Å². The van der Waals surface area contributed by atoms with Gasteiger partial charge in [-0.1, -0.05) is 0 Å². The molecule has 0 N–H and O–H groups in total. The van der Waals surface area contributed by atoms with Gasteiger partial charge in [0.1, 0.15) is 0 Å². The van der Waals surface area contributed by atoms with E-state index in [1.54, 1.807) is 11.9 Å². The first-order valence-corrected chi connectivity index (χ1v) is 6.67. The quantitative estimate of drug-likeness (QED) is 0.718. The van der Waals surface area contributed by atoms with E-state index in [-0.39, 0.29) is 5.91 Å². The Morgan fingerprint density at radius 3 is 2.72 bits per heavy atom. The number of fused-ring (bicyclic) bond motifs is 2. The molecule has 0 radical (unpaired) electrons. The van der Waals surface area contributed by atoms with Crippen LogP contribution in [0, 0.1) is 11.3 Å². The Hall–Kier alpha value is -1.12. The van der Waals surface area contributed by atoms with Crippen molar-refractivity contribution < 1.29 is 9.53 Å². The van der Waals surface area contributed by atoms with Gasteiger partial charge in [-0.25, -0.2) is 0 Å². The van der Waals surface area contributed by atoms with Crippen molar-refractivity contribution in [2.75, 3.05) is 33.2 Å². The molecule has 2 aliphatic heterocycles. The predicted octanol–water partition coefficient (Wildman–Crippen LogP) is 0.612. The van der Waals surface area contributed by atoms with Crippen LogP contribution >= 0.6 is 0 Å². The van der Waals surface area contributed by atoms with Crippen molar-refractivity contribution in [1.82, 2.24) is 9.80 Å². The number of nitrogens with zero attached hydrogens (tertiary/aromatic N) is 3. The predicted molar refractivity (Wildman–Crippen MR) is 66.8 cm³/mol. The lowest BCUT2D eigenvalue weighted by Crippen LogP contribution is -2.44. The summed E-state index contributed by atoms with van der Waals surface area (Å²) in [6, 6.07) is 2.06. The molecular formula is C13H21N3O2. The lowest BCUT2D eigenvalue weighted by Gasteiger charge is -2.32. The number of likely N-dealkylation sites (tertiary alicyclic amines) is 1. The smallest absolute Gasteiger partial charge is 0.223 e. The number of hydrogen-bond donors (Lipinski definition) is 0. The first kappa shape index (κ1) is 13.3. The van der Waals surface area contributed by atoms with Gasteiger partial charge in [-0.2, -0.15) is 5.26 Å². The van der Waals surface area contributed by atoms with Crippen molar-refractivity contribution in [2.24, 2.45) is 0 Å². The molecule has 2 rings (SSSR count). The van der Waals surface area contributed by atoms with Gasteiger partial charge in [-0.05, 0) is 12.8 Å². The number of ether oxygens (including phenoxy) is 1. The molecule has 2 bridgehead atoms. The minimum Gasteiger partial charge on any atom is -0.372 e. The molecule has 1 amide bonds. The molecule has 100 valence electrons. The molecule has 0 aromatic heterocycles. The molecular weight excluding hydrogens is 230 g/mol. The van der Waals surface area contributed by atoms with E-state index in [4.69, 9.17) is 10.00 Å². The zero-order valence-corrected chi connectivity index (χ0v) is 11.0. The molecule has 2 heterocycles. The van der Waals surface area contributed by atoms with Gasteiger partial charge in [0.2, 0.25) is 5.91 Å². The van der Waals surface area contributed by atoms with Gasteiger partial charge in [-0.15, -0.1) is 0 Å². The van der Waals surface area contributed by atoms with Crippen LogP contribution in [0.25, 0.3) is 0 Å². The van der Waals surface area contributed by atoms with Crippen LogP contribution in [0.1, 0.15) is 25.7 Å². The topological polar surface area (TPSA) is 56.6 Å². The Morgan fingerprint density at radius 2 is 2.11 bits per heavy atom. The van der Waals surface area contributed by atoms with Gasteiger partial charge in [0.15, 0.2) is 0 Å². The molecule has 5 nitrogen and oxygen atoms in total. The minimum atomic E-state index is 0.129. The number of carbonyl (C=O) groups is 1. The number of hydrogen-bond acceptors (Lipinski definition) is 4. The van der Waals surface area contributed by atoms with E-state index in [1.165, 1.54) is 0 Å². The van der Waals surface area contributed by atoms with Crippen LogP contribution in [-0.4, -0.2) is 61.1 Å². The van der Waals surface area contributed by atoms with E-state index in [2.05, 4.69) is 11.0 Å². The largest absolute Gasteiger partial charge is 0.372 e. The highest BCUT2D eigenvalue weighted by molar-refractivity contribution is 5.76. The van der Waals surface area contributed by atoms with E-state index >= 15 is 0 Å². The third kappa shape index (κ3) is 3.44. The van der Waals surface area contributed by atoms with Crippen molar-refractivity contribution in [3.63, 3.8) is 0 Å². The second-order valence-electron chi connectivity index (χ2n) is 5.19. The molecule has 0 spiro atoms. The molecule has 2 saturated heterocycles. The highest BCUT2D eigenvalue weighted by Crippen LogP contribution is 2.26. The van der Waals surface area contributed by atoms with Crippen LogP contribution in [0.4, 0.5) is 0 Å². The van der Waals surface area contributed by atoms with E-state index in [0.717, 1.165) is 32.5 Å². The molecule has 0 saturated carbocycles. The van der Waals surface area contributed by atoms with Crippen LogP contribution in [0.2, 0.25) is 0 Å². The van der Waals surface area contributed by atoms with E-state index in [1.807, 2.05) is 0 Å². The lowest BCUT2D eigenvalue weighted by atomic mass is 10.2. The molecule has 2 fully saturated rings. The van der Waals surface area contributed by atoms with E-state index < -0.39 is 0 Å². The van der Waals surface area contributed by atoms with Gasteiger partial charge in [-0.3, -0.25) is 9.69 Å². The third-order valence-corrected chi connectivity index (χ3v) is 3.75. The van der Waals surface area contributed by atoms with Gasteiger partial charge in [0.25, 0.3) is 0 Å². The van der Waals surface area contributed by atoms with Crippen LogP contribution in [-0.2, 0) is 9.53 Å². The summed E-state index contributed by atoms with van der Waals surface area (Å²) in [7, 11) is 1.77. The summed E-state index contributed by atoms with van der Waals surface area (Å²) in [6.45, 7) is 3.27. The molecule has 0 aliphatic carbocycles. The molecule has 2 unspecified atom stereocenters. The maximum absolute atomic E-state index is 11.8. The summed E-state index contributed by atoms with van der Waals surface area (Å²) in [5, 5.41) is 8.49. The maximum atomic E-state index is 11.8. The molecule has 2 aliphatic rings. The Labute approximate surface area is 108 Å². The minimum absolute atomic E-state index is 0.129. The fourth-order valence-corrected chi connectivity index (χ4v) is 2.67. The standard InChI is InChI=1S/C13H21N3O2/c1-15(7-2-6-14)13(17)5-8-16-9-11-3-4-12(10-16)18-11/h11-12H,2-5,7-10H2,1H3. The molecule has 0 aromatic rings. The van der Waals surface area contributed by atoms with E-state index in [9.17, 15) is 4.79 Å². The lowest BCUT2D eigenvalue weighted by molar-refractivity contribution is -0.130. The monoisotopic (exact) mass is 251 g/mol. The van der Waals surface area contributed by atoms with Crippen molar-refractivity contribution in [3.05, 3.63) is 0 Å². The Bertz CT molecular complexity index is 328. The number of rotatable bonds is 5. The number of morpholine rings is 1. The zero-order valence-electron chi connectivity index (χ0n) is 11.0. The maximum Gasteiger partial charge on any atom is 0.223 e. The van der Waals surface area contributed by atoms with Gasteiger partial charge in [0, 0.05) is 39.6 Å². The average Bonchev–Trinajstić information content (AvgIpc) is 2.72. The molecule has 18 heavy (non-hydrogen) atoms. The van der Waals surface area contributed by atoms with Gasteiger partial charge in [0.05, 0.1) is 24.7 Å². The number of amides is 1. The normalized spacial score (nSPS) is 26.9. The second-order valence-corrected chi connectivity index (χ2v) is 5.19. The fourth-order valence-electron chi connectivity index (χ4n) is 2.67. The first-order valence-electron chi connectivity index (χ1n) is 6.67. The SMILES string of the molecule is CN(CCC#N)C(=O)CCN1CC2CCC(C1)O2. The van der Waals surface area contributed by atoms with Gasteiger partial charge >= 0.3 is 0 Å². The fraction of sp³-hybridized carbons (Fsp3) is 0.846. The Morgan fingerprint density at radius 1 is 1.44 bits per heavy atom. The summed E-state index contributed by atoms with van der Waals surface area (Å²) in [5.74, 6) is 0.129. The summed E-state index contributed by atoms with van der Waals surface area (Å²) >= 11 is 0. The Kier molecular flexibility index (Phi) is 4.56. The molecule has 2 atom stereocenters. The summed E-state index contributed by atoms with van der Waals surface area (Å²) in [4.78, 5) is 15.8. The molecule has 5 heteroatoms. The molecule has 0 aromatic carbocycles. The number of nitriles is 1. The highest BCUT2D eigenvalue weighted by Gasteiger charge is 2.33. The van der Waals surface area contributed by atoms with Crippen molar-refractivity contribution in [3.8, 4) is 6.07 Å². The first-order chi connectivity index (χ1) is 8.69. The summed E-state index contributed by atoms with van der Waals surface area (Å²) < 4.78 is 5.76. The van der Waals surface area contributed by atoms with Crippen LogP contribution in [0.15, 0.2) is 0 Å². The van der Waals surface area contributed by atoms with Crippen molar-refractivity contribution >= 4 is 5.91 Å². The third-order valence-electron chi connectivity index (χ3n) is 3.75. The van der Waals surface area contributed by atoms with Crippen molar-refractivity contribution in [1.29, 1.82) is 5.26 Å². The average molecular weight is 251 g/mol. The second kappa shape index (κ2) is 6.17. The van der Waals surface area contributed by atoms with Crippen molar-refractivity contribution in [2.45, 2.75) is 37.9 Å². The Balaban J connectivity index is 1.68.